The lowest BCUT2D eigenvalue weighted by molar-refractivity contribution is -0.155. The minimum absolute atomic E-state index is 0.268. The van der Waals surface area contributed by atoms with Crippen LogP contribution in [0.15, 0.2) is 60.7 Å². The number of halogens is 1. The van der Waals surface area contributed by atoms with Crippen LogP contribution in [0.3, 0.4) is 0 Å². The van der Waals surface area contributed by atoms with E-state index in [9.17, 15) is 14.0 Å². The molecular weight excluding hydrogens is 309 g/mol. The van der Waals surface area contributed by atoms with Gasteiger partial charge in [0.15, 0.2) is 0 Å². The lowest BCUT2D eigenvalue weighted by atomic mass is 10.1. The minimum Gasteiger partial charge on any atom is -0.444 e. The average Bonchev–Trinajstić information content (AvgIpc) is 2.59. The summed E-state index contributed by atoms with van der Waals surface area (Å²) in [4.78, 5) is 25.7. The van der Waals surface area contributed by atoms with E-state index in [1.54, 1.807) is 62.6 Å². The molecule has 2 aromatic carbocycles. The fourth-order valence-corrected chi connectivity index (χ4v) is 2.05. The summed E-state index contributed by atoms with van der Waals surface area (Å²) in [6.07, 6.45) is 1.39. The first kappa shape index (κ1) is 17.4. The number of carbonyl (C=O) groups excluding carboxylic acids is 2. The van der Waals surface area contributed by atoms with E-state index in [1.807, 2.05) is 0 Å². The van der Waals surface area contributed by atoms with Gasteiger partial charge >= 0.3 is 5.97 Å². The zero-order valence-electron chi connectivity index (χ0n) is 13.5. The highest BCUT2D eigenvalue weighted by Crippen LogP contribution is 2.20. The number of ether oxygens (including phenoxy) is 1. The maximum atomic E-state index is 13.5. The predicted molar refractivity (Wildman–Crippen MR) is 89.4 cm³/mol. The van der Waals surface area contributed by atoms with E-state index in [2.05, 4.69) is 0 Å². The highest BCUT2D eigenvalue weighted by atomic mass is 19.1. The molecule has 1 amide bonds. The van der Waals surface area contributed by atoms with Crippen LogP contribution >= 0.6 is 0 Å². The number of amides is 1. The molecule has 4 nitrogen and oxygen atoms in total. The zero-order chi connectivity index (χ0) is 17.5. The molecule has 2 aromatic rings. The lowest BCUT2D eigenvalue weighted by Gasteiger charge is -2.20. The monoisotopic (exact) mass is 327 g/mol. The summed E-state index contributed by atoms with van der Waals surface area (Å²) in [6.45, 7) is 0. The summed E-state index contributed by atoms with van der Waals surface area (Å²) in [5, 5.41) is 0. The molecule has 24 heavy (non-hydrogen) atoms. The quantitative estimate of drug-likeness (QED) is 0.626. The summed E-state index contributed by atoms with van der Waals surface area (Å²) in [5.74, 6) is -1.51. The van der Waals surface area contributed by atoms with Crippen LogP contribution in [0.1, 0.15) is 17.2 Å². The van der Waals surface area contributed by atoms with Crippen molar-refractivity contribution in [2.75, 3.05) is 14.1 Å². The van der Waals surface area contributed by atoms with Crippen molar-refractivity contribution in [1.29, 1.82) is 0 Å². The van der Waals surface area contributed by atoms with E-state index < -0.39 is 17.9 Å². The van der Waals surface area contributed by atoms with Crippen LogP contribution in [0, 0.1) is 5.82 Å². The molecule has 0 aliphatic carbocycles. The van der Waals surface area contributed by atoms with Crippen LogP contribution in [0.25, 0.3) is 6.08 Å². The number of nitrogens with zero attached hydrogens (tertiary/aromatic N) is 1. The third-order valence-electron chi connectivity index (χ3n) is 3.31. The molecule has 124 valence electrons. The normalized spacial score (nSPS) is 12.0. The smallest absolute Gasteiger partial charge is 0.331 e. The molecule has 0 heterocycles. The molecule has 0 saturated carbocycles. The molecule has 0 fully saturated rings. The van der Waals surface area contributed by atoms with Crippen molar-refractivity contribution in [3.8, 4) is 0 Å². The molecule has 0 bridgehead atoms. The predicted octanol–water partition coefficient (Wildman–Crippen LogP) is 3.21. The van der Waals surface area contributed by atoms with Gasteiger partial charge in [-0.3, -0.25) is 4.79 Å². The fourth-order valence-electron chi connectivity index (χ4n) is 2.05. The molecule has 2 rings (SSSR count). The Kier molecular flexibility index (Phi) is 5.84. The molecule has 0 aliphatic rings. The van der Waals surface area contributed by atoms with Gasteiger partial charge in [-0.05, 0) is 12.1 Å². The Bertz CT molecular complexity index is 741. The molecule has 0 aliphatic heterocycles. The Morgan fingerprint density at radius 2 is 1.67 bits per heavy atom. The summed E-state index contributed by atoms with van der Waals surface area (Å²) in [6, 6.07) is 14.8. The van der Waals surface area contributed by atoms with Crippen molar-refractivity contribution in [2.45, 2.75) is 6.10 Å². The van der Waals surface area contributed by atoms with Crippen molar-refractivity contribution < 1.29 is 18.7 Å². The first-order chi connectivity index (χ1) is 11.5. The number of rotatable bonds is 5. The van der Waals surface area contributed by atoms with E-state index in [1.165, 1.54) is 17.0 Å². The number of carbonyl (C=O) groups is 2. The third kappa shape index (κ3) is 4.52. The Labute approximate surface area is 140 Å². The van der Waals surface area contributed by atoms with Crippen LogP contribution in [-0.2, 0) is 14.3 Å². The highest BCUT2D eigenvalue weighted by Gasteiger charge is 2.25. The van der Waals surface area contributed by atoms with Gasteiger partial charge in [-0.25, -0.2) is 9.18 Å². The average molecular weight is 327 g/mol. The first-order valence-electron chi connectivity index (χ1n) is 7.38. The molecule has 0 radical (unpaired) electrons. The van der Waals surface area contributed by atoms with E-state index >= 15 is 0 Å². The second-order valence-electron chi connectivity index (χ2n) is 5.32. The second-order valence-corrected chi connectivity index (χ2v) is 5.32. The maximum Gasteiger partial charge on any atom is 0.331 e. The largest absolute Gasteiger partial charge is 0.444 e. The molecule has 5 heteroatoms. The topological polar surface area (TPSA) is 46.6 Å². The number of likely N-dealkylation sites (N-methyl/N-ethyl adjacent to an activating group) is 1. The van der Waals surface area contributed by atoms with Crippen LogP contribution in [0.2, 0.25) is 0 Å². The van der Waals surface area contributed by atoms with Gasteiger partial charge < -0.3 is 9.64 Å². The zero-order valence-corrected chi connectivity index (χ0v) is 13.5. The van der Waals surface area contributed by atoms with E-state index in [4.69, 9.17) is 4.74 Å². The van der Waals surface area contributed by atoms with Gasteiger partial charge in [-0.15, -0.1) is 0 Å². The van der Waals surface area contributed by atoms with Crippen LogP contribution in [0.4, 0.5) is 4.39 Å². The Morgan fingerprint density at radius 1 is 1.04 bits per heavy atom. The van der Waals surface area contributed by atoms with Gasteiger partial charge in [-0.1, -0.05) is 48.5 Å². The van der Waals surface area contributed by atoms with Crippen LogP contribution in [0.5, 0.6) is 0 Å². The number of hydrogen-bond acceptors (Lipinski definition) is 3. The van der Waals surface area contributed by atoms with Crippen molar-refractivity contribution in [2.24, 2.45) is 0 Å². The van der Waals surface area contributed by atoms with E-state index in [0.29, 0.717) is 5.56 Å². The second kappa shape index (κ2) is 8.06. The number of benzene rings is 2. The van der Waals surface area contributed by atoms with Crippen molar-refractivity contribution >= 4 is 18.0 Å². The van der Waals surface area contributed by atoms with Gasteiger partial charge in [0, 0.05) is 31.3 Å². The Morgan fingerprint density at radius 3 is 2.29 bits per heavy atom. The van der Waals surface area contributed by atoms with Gasteiger partial charge in [0.2, 0.25) is 6.10 Å². The highest BCUT2D eigenvalue weighted by molar-refractivity contribution is 5.90. The van der Waals surface area contributed by atoms with Crippen LogP contribution in [-0.4, -0.2) is 30.9 Å². The van der Waals surface area contributed by atoms with Gasteiger partial charge in [0.05, 0.1) is 0 Å². The molecule has 0 aromatic heterocycles. The number of hydrogen-bond donors (Lipinski definition) is 0. The van der Waals surface area contributed by atoms with Crippen molar-refractivity contribution in [3.05, 3.63) is 77.6 Å². The van der Waals surface area contributed by atoms with E-state index in [-0.39, 0.29) is 11.5 Å². The van der Waals surface area contributed by atoms with Crippen LogP contribution < -0.4 is 0 Å². The first-order valence-corrected chi connectivity index (χ1v) is 7.38. The molecule has 0 spiro atoms. The number of esters is 1. The van der Waals surface area contributed by atoms with Gasteiger partial charge in [-0.2, -0.15) is 0 Å². The Hall–Kier alpha value is -2.95. The fraction of sp³-hybridized carbons (Fsp3) is 0.158. The van der Waals surface area contributed by atoms with Gasteiger partial charge in [0.25, 0.3) is 5.91 Å². The minimum atomic E-state index is -1.04. The van der Waals surface area contributed by atoms with Gasteiger partial charge in [0.1, 0.15) is 5.82 Å². The summed E-state index contributed by atoms with van der Waals surface area (Å²) in [5.41, 5.74) is 0.841. The lowest BCUT2D eigenvalue weighted by Crippen LogP contribution is -2.30. The molecule has 0 N–H and O–H groups in total. The van der Waals surface area contributed by atoms with Crippen molar-refractivity contribution in [1.82, 2.24) is 4.90 Å². The molecular formula is C19H18FNO3. The third-order valence-corrected chi connectivity index (χ3v) is 3.31. The molecule has 0 unspecified atom stereocenters. The summed E-state index contributed by atoms with van der Waals surface area (Å²) < 4.78 is 18.8. The molecule has 0 saturated heterocycles. The standard InChI is InChI=1S/C19H18FNO3/c1-21(2)19(23)18(15-9-4-3-5-10-15)24-17(22)13-12-14-8-6-7-11-16(14)20/h3-13,18H,1-2H3/b13-12+/t18-/m0/s1. The summed E-state index contributed by atoms with van der Waals surface area (Å²) >= 11 is 0. The molecule has 1 atom stereocenters. The van der Waals surface area contributed by atoms with Crippen molar-refractivity contribution in [3.63, 3.8) is 0 Å². The van der Waals surface area contributed by atoms with E-state index in [0.717, 1.165) is 6.08 Å². The summed E-state index contributed by atoms with van der Waals surface area (Å²) in [7, 11) is 3.17. The Balaban J connectivity index is 2.16. The maximum absolute atomic E-state index is 13.5. The SMILES string of the molecule is CN(C)C(=O)[C@@H](OC(=O)/C=C/c1ccccc1F)c1ccccc1.